The fraction of sp³-hybridized carbons (Fsp3) is 0.0208. The Morgan fingerprint density at radius 2 is 0.796 bits per heavy atom. The molecule has 6 heterocycles. The molecule has 0 aliphatic carbocycles. The molecule has 0 saturated carbocycles. The van der Waals surface area contributed by atoms with E-state index in [2.05, 4.69) is 131 Å². The molecule has 256 valence electrons. The number of benzene rings is 3. The Morgan fingerprint density at radius 1 is 0.352 bits per heavy atom. The summed E-state index contributed by atoms with van der Waals surface area (Å²) in [6.07, 6.45) is 9.83. The Balaban J connectivity index is 1.06. The topological polar surface area (TPSA) is 76.5 Å². The zero-order valence-electron chi connectivity index (χ0n) is 29.3. The summed E-state index contributed by atoms with van der Waals surface area (Å²) in [4.78, 5) is 24.1. The van der Waals surface area contributed by atoms with E-state index in [0.29, 0.717) is 0 Å². The summed E-state index contributed by atoms with van der Waals surface area (Å²) in [6, 6.07) is 53.9. The van der Waals surface area contributed by atoms with Crippen LogP contribution in [0, 0.1) is 0 Å². The molecule has 6 nitrogen and oxygen atoms in total. The van der Waals surface area contributed by atoms with Crippen LogP contribution in [0.3, 0.4) is 0 Å². The Morgan fingerprint density at radius 3 is 1.33 bits per heavy atom. The van der Waals surface area contributed by atoms with Gasteiger partial charge in [-0.25, -0.2) is 15.0 Å². The maximum Gasteiger partial charge on any atom is 0.0893 e. The molecule has 0 saturated heterocycles. The second kappa shape index (κ2) is 14.7. The van der Waals surface area contributed by atoms with Crippen molar-refractivity contribution in [1.29, 1.82) is 0 Å². The summed E-state index contributed by atoms with van der Waals surface area (Å²) < 4.78 is 0. The van der Waals surface area contributed by atoms with Gasteiger partial charge in [-0.15, -0.1) is 0 Å². The number of nitrogens with one attached hydrogen (secondary N) is 1. The Kier molecular flexibility index (Phi) is 8.89. The first-order valence-corrected chi connectivity index (χ1v) is 18.0. The van der Waals surface area contributed by atoms with E-state index in [4.69, 9.17) is 15.0 Å². The molecule has 0 spiro atoms. The minimum absolute atomic E-state index is 0.802. The fourth-order valence-corrected chi connectivity index (χ4v) is 6.62. The second-order valence-corrected chi connectivity index (χ2v) is 13.0. The van der Waals surface area contributed by atoms with Crippen molar-refractivity contribution < 1.29 is 0 Å². The van der Waals surface area contributed by atoms with Crippen molar-refractivity contribution in [3.63, 3.8) is 0 Å². The van der Waals surface area contributed by atoms with Gasteiger partial charge >= 0.3 is 0 Å². The van der Waals surface area contributed by atoms with Crippen LogP contribution in [-0.4, -0.2) is 31.5 Å². The molecule has 0 amide bonds. The van der Waals surface area contributed by atoms with E-state index in [1.54, 1.807) is 6.20 Å². The predicted octanol–water partition coefficient (Wildman–Crippen LogP) is 10.8. The average Bonchev–Trinajstić information content (AvgIpc) is 3.27. The molecule has 1 aliphatic heterocycles. The van der Waals surface area contributed by atoms with E-state index in [-0.39, 0.29) is 0 Å². The Labute approximate surface area is 314 Å². The molecular formula is C48H34N6. The highest BCUT2D eigenvalue weighted by atomic mass is 14.9. The van der Waals surface area contributed by atoms with Crippen molar-refractivity contribution in [3.8, 4) is 78.8 Å². The van der Waals surface area contributed by atoms with Gasteiger partial charge in [0.2, 0.25) is 0 Å². The van der Waals surface area contributed by atoms with Crippen LogP contribution >= 0.6 is 0 Å². The van der Waals surface area contributed by atoms with Crippen LogP contribution in [-0.2, 0) is 0 Å². The van der Waals surface area contributed by atoms with Crippen LogP contribution < -0.4 is 5.32 Å². The lowest BCUT2D eigenvalue weighted by atomic mass is 9.97. The highest BCUT2D eigenvalue weighted by molar-refractivity contribution is 5.79. The summed E-state index contributed by atoms with van der Waals surface area (Å²) in [7, 11) is 0. The summed E-state index contributed by atoms with van der Waals surface area (Å²) in [5, 5.41) is 3.41. The number of pyridine rings is 5. The van der Waals surface area contributed by atoms with Crippen LogP contribution in [0.25, 0.3) is 84.5 Å². The summed E-state index contributed by atoms with van der Waals surface area (Å²) >= 11 is 0. The highest BCUT2D eigenvalue weighted by Gasteiger charge is 2.13. The zero-order valence-corrected chi connectivity index (χ0v) is 29.3. The van der Waals surface area contributed by atoms with E-state index in [0.717, 1.165) is 96.7 Å². The molecule has 8 aromatic rings. The summed E-state index contributed by atoms with van der Waals surface area (Å²) in [5.74, 6) is 0. The number of allylic oxidation sites excluding steroid dienone is 2. The number of dihydropyridines is 1. The van der Waals surface area contributed by atoms with Crippen molar-refractivity contribution in [1.82, 2.24) is 30.2 Å². The monoisotopic (exact) mass is 694 g/mol. The molecule has 3 aromatic carbocycles. The van der Waals surface area contributed by atoms with Crippen LogP contribution in [0.4, 0.5) is 0 Å². The predicted molar refractivity (Wildman–Crippen MR) is 219 cm³/mol. The number of hydrogen-bond acceptors (Lipinski definition) is 6. The first kappa shape index (κ1) is 32.6. The minimum Gasteiger partial charge on any atom is -0.380 e. The quantitative estimate of drug-likeness (QED) is 0.171. The molecule has 6 heteroatoms. The molecule has 5 aromatic heterocycles. The van der Waals surface area contributed by atoms with Crippen LogP contribution in [0.2, 0.25) is 0 Å². The van der Waals surface area contributed by atoms with Crippen LogP contribution in [0.1, 0.15) is 5.69 Å². The molecule has 54 heavy (non-hydrogen) atoms. The summed E-state index contributed by atoms with van der Waals surface area (Å²) in [5.41, 5.74) is 15.6. The van der Waals surface area contributed by atoms with Gasteiger partial charge in [0.25, 0.3) is 0 Å². The van der Waals surface area contributed by atoms with Gasteiger partial charge < -0.3 is 5.32 Å². The maximum absolute atomic E-state index is 5.23. The van der Waals surface area contributed by atoms with Gasteiger partial charge in [-0.2, -0.15) is 0 Å². The summed E-state index contributed by atoms with van der Waals surface area (Å²) in [6.45, 7) is 0.802. The van der Waals surface area contributed by atoms with Gasteiger partial charge in [0, 0.05) is 46.8 Å². The standard InChI is InChI=1S/C48H34N6/c1-4-28-49-40(9-1)34-18-16-33(17-19-34)39-31-47(37-24-20-35(21-25-37)41-12-7-14-45(52-41)43-10-2-5-29-50-43)54-48(32-39)38-26-22-36(23-27-38)42-13-8-15-46(53-42)44-11-3-6-30-51-44/h1-29,31-32,51H,30H2. The van der Waals surface area contributed by atoms with E-state index < -0.39 is 0 Å². The molecule has 0 atom stereocenters. The van der Waals surface area contributed by atoms with Crippen molar-refractivity contribution in [3.05, 3.63) is 194 Å². The van der Waals surface area contributed by atoms with Gasteiger partial charge in [-0.1, -0.05) is 109 Å². The molecule has 0 bridgehead atoms. The van der Waals surface area contributed by atoms with Crippen molar-refractivity contribution in [2.75, 3.05) is 6.54 Å². The van der Waals surface area contributed by atoms with Gasteiger partial charge in [0.05, 0.1) is 51.2 Å². The number of hydrogen-bond donors (Lipinski definition) is 1. The second-order valence-electron chi connectivity index (χ2n) is 13.0. The lowest BCUT2D eigenvalue weighted by molar-refractivity contribution is 0.982. The third-order valence-corrected chi connectivity index (χ3v) is 9.47. The van der Waals surface area contributed by atoms with Gasteiger partial charge in [0.1, 0.15) is 0 Å². The van der Waals surface area contributed by atoms with E-state index >= 15 is 0 Å². The van der Waals surface area contributed by atoms with E-state index in [1.165, 1.54) is 0 Å². The first-order chi connectivity index (χ1) is 26.7. The fourth-order valence-electron chi connectivity index (χ4n) is 6.62. The lowest BCUT2D eigenvalue weighted by Gasteiger charge is -2.13. The number of aromatic nitrogens is 5. The van der Waals surface area contributed by atoms with E-state index in [1.807, 2.05) is 66.9 Å². The van der Waals surface area contributed by atoms with Crippen molar-refractivity contribution >= 4 is 5.70 Å². The molecule has 0 radical (unpaired) electrons. The normalized spacial score (nSPS) is 12.2. The van der Waals surface area contributed by atoms with E-state index in [9.17, 15) is 0 Å². The lowest BCUT2D eigenvalue weighted by Crippen LogP contribution is -2.15. The number of rotatable bonds is 8. The molecule has 0 fully saturated rings. The van der Waals surface area contributed by atoms with Crippen LogP contribution in [0.15, 0.2) is 188 Å². The molecule has 1 N–H and O–H groups in total. The third-order valence-electron chi connectivity index (χ3n) is 9.47. The smallest absolute Gasteiger partial charge is 0.0893 e. The first-order valence-electron chi connectivity index (χ1n) is 18.0. The minimum atomic E-state index is 0.802. The van der Waals surface area contributed by atoms with Crippen LogP contribution in [0.5, 0.6) is 0 Å². The molecule has 1 aliphatic rings. The van der Waals surface area contributed by atoms with Crippen molar-refractivity contribution in [2.45, 2.75) is 0 Å². The maximum atomic E-state index is 5.23. The SMILES string of the molecule is C1=CCNC(c2cccc(-c3ccc(-c4cc(-c5ccc(-c6ccccn6)cc5)cc(-c5ccc(-c6cccc(-c7ccccn7)n6)cc5)n4)cc3)n2)=C1. The largest absolute Gasteiger partial charge is 0.380 e. The Bertz CT molecular complexity index is 2610. The van der Waals surface area contributed by atoms with Gasteiger partial charge in [0.15, 0.2) is 0 Å². The van der Waals surface area contributed by atoms with Crippen molar-refractivity contribution in [2.24, 2.45) is 0 Å². The molecular weight excluding hydrogens is 661 g/mol. The van der Waals surface area contributed by atoms with Gasteiger partial charge in [-0.05, 0) is 77.9 Å². The number of nitrogens with zero attached hydrogens (tertiary/aromatic N) is 5. The molecule has 0 unspecified atom stereocenters. The Hall–Kier alpha value is -7.31. The average molecular weight is 695 g/mol. The molecule has 9 rings (SSSR count). The third kappa shape index (κ3) is 6.96. The zero-order chi connectivity index (χ0) is 36.1. The highest BCUT2D eigenvalue weighted by Crippen LogP contribution is 2.33. The van der Waals surface area contributed by atoms with Gasteiger partial charge in [-0.3, -0.25) is 9.97 Å².